The molecule has 15 heavy (non-hydrogen) atoms. The van der Waals surface area contributed by atoms with Gasteiger partial charge in [0.25, 0.3) is 0 Å². The Hall–Kier alpha value is -1.06. The van der Waals surface area contributed by atoms with Gasteiger partial charge in [-0.1, -0.05) is 0 Å². The van der Waals surface area contributed by atoms with Gasteiger partial charge in [-0.25, -0.2) is 4.79 Å². The Balaban J connectivity index is 1.85. The molecule has 2 N–H and O–H groups in total. The van der Waals surface area contributed by atoms with Gasteiger partial charge in [0.2, 0.25) is 5.91 Å². The van der Waals surface area contributed by atoms with Crippen molar-refractivity contribution >= 4 is 11.9 Å². The minimum atomic E-state index is -1.15. The summed E-state index contributed by atoms with van der Waals surface area (Å²) in [6.07, 6.45) is 3.44. The second kappa shape index (κ2) is 3.22. The zero-order valence-electron chi connectivity index (χ0n) is 9.12. The van der Waals surface area contributed by atoms with E-state index >= 15 is 0 Å². The molecule has 2 unspecified atom stereocenters. The van der Waals surface area contributed by atoms with Crippen LogP contribution in [-0.2, 0) is 9.59 Å². The van der Waals surface area contributed by atoms with Crippen molar-refractivity contribution < 1.29 is 14.7 Å². The minimum Gasteiger partial charge on any atom is -0.480 e. The van der Waals surface area contributed by atoms with Crippen molar-refractivity contribution in [3.8, 4) is 0 Å². The highest BCUT2D eigenvalue weighted by molar-refractivity contribution is 5.88. The van der Waals surface area contributed by atoms with Gasteiger partial charge in [-0.2, -0.15) is 0 Å². The van der Waals surface area contributed by atoms with Crippen molar-refractivity contribution in [1.29, 1.82) is 0 Å². The fourth-order valence-corrected chi connectivity index (χ4v) is 2.02. The first kappa shape index (κ1) is 10.5. The van der Waals surface area contributed by atoms with Gasteiger partial charge in [0.05, 0.1) is 0 Å². The normalized spacial score (nSPS) is 29.7. The van der Waals surface area contributed by atoms with Crippen LogP contribution in [0.25, 0.3) is 0 Å². The number of aliphatic carboxylic acids is 1. The van der Waals surface area contributed by atoms with Gasteiger partial charge in [0, 0.05) is 5.92 Å². The highest BCUT2D eigenvalue weighted by atomic mass is 16.4. The lowest BCUT2D eigenvalue weighted by Gasteiger charge is -2.21. The maximum Gasteiger partial charge on any atom is 0.328 e. The molecule has 0 heterocycles. The molecule has 0 bridgehead atoms. The monoisotopic (exact) mass is 211 g/mol. The lowest BCUT2D eigenvalue weighted by molar-refractivity contribution is -0.146. The van der Waals surface area contributed by atoms with Crippen LogP contribution in [0.1, 0.15) is 33.1 Å². The topological polar surface area (TPSA) is 66.4 Å². The van der Waals surface area contributed by atoms with Crippen molar-refractivity contribution in [3.05, 3.63) is 0 Å². The number of carboxylic acids is 1. The smallest absolute Gasteiger partial charge is 0.328 e. The molecular weight excluding hydrogens is 194 g/mol. The molecule has 0 spiro atoms. The van der Waals surface area contributed by atoms with E-state index in [0.29, 0.717) is 5.92 Å². The molecule has 2 atom stereocenters. The first-order valence-electron chi connectivity index (χ1n) is 5.47. The summed E-state index contributed by atoms with van der Waals surface area (Å²) in [4.78, 5) is 22.5. The summed E-state index contributed by atoms with van der Waals surface area (Å²) in [6.45, 7) is 3.03. The zero-order valence-corrected chi connectivity index (χ0v) is 9.12. The number of rotatable bonds is 4. The number of carboxylic acid groups (broad SMARTS) is 1. The third-order valence-corrected chi connectivity index (χ3v) is 3.37. The highest BCUT2D eigenvalue weighted by Gasteiger charge is 2.52. The number of carbonyl (C=O) groups is 2. The molecule has 4 heteroatoms. The fourth-order valence-electron chi connectivity index (χ4n) is 2.02. The van der Waals surface area contributed by atoms with Gasteiger partial charge in [0.15, 0.2) is 0 Å². The summed E-state index contributed by atoms with van der Waals surface area (Å²) in [5.41, 5.74) is -1.15. The number of carbonyl (C=O) groups excluding carboxylic acids is 1. The van der Waals surface area contributed by atoms with Crippen LogP contribution in [0.15, 0.2) is 0 Å². The lowest BCUT2D eigenvalue weighted by atomic mass is 10.1. The minimum absolute atomic E-state index is 0.0797. The summed E-state index contributed by atoms with van der Waals surface area (Å²) < 4.78 is 0. The van der Waals surface area contributed by atoms with E-state index in [1.54, 1.807) is 0 Å². The van der Waals surface area contributed by atoms with Crippen LogP contribution in [0.4, 0.5) is 0 Å². The standard InChI is InChI=1S/C11H17NO3/c1-11(2,10(14)15)12-9(13)8-5-7(8)6-3-4-6/h6-8H,3-5H2,1-2H3,(H,12,13)(H,14,15). The molecule has 1 amide bonds. The molecule has 0 aromatic rings. The Kier molecular flexibility index (Phi) is 2.24. The Morgan fingerprint density at radius 2 is 1.93 bits per heavy atom. The molecule has 0 aliphatic heterocycles. The van der Waals surface area contributed by atoms with E-state index in [9.17, 15) is 9.59 Å². The second-order valence-corrected chi connectivity index (χ2v) is 5.26. The molecule has 0 radical (unpaired) electrons. The molecule has 2 aliphatic rings. The average molecular weight is 211 g/mol. The third kappa shape index (κ3) is 2.13. The fraction of sp³-hybridized carbons (Fsp3) is 0.818. The van der Waals surface area contributed by atoms with Crippen LogP contribution in [0.3, 0.4) is 0 Å². The molecular formula is C11H17NO3. The Labute approximate surface area is 89.0 Å². The molecule has 4 nitrogen and oxygen atoms in total. The van der Waals surface area contributed by atoms with E-state index < -0.39 is 11.5 Å². The van der Waals surface area contributed by atoms with Crippen molar-refractivity contribution in [3.63, 3.8) is 0 Å². The van der Waals surface area contributed by atoms with Gasteiger partial charge < -0.3 is 10.4 Å². The molecule has 84 valence electrons. The Morgan fingerprint density at radius 3 is 2.40 bits per heavy atom. The van der Waals surface area contributed by atoms with E-state index in [0.717, 1.165) is 12.3 Å². The van der Waals surface area contributed by atoms with Crippen LogP contribution in [0.2, 0.25) is 0 Å². The molecule has 2 rings (SSSR count). The van der Waals surface area contributed by atoms with Crippen LogP contribution in [0, 0.1) is 17.8 Å². The summed E-state index contributed by atoms with van der Waals surface area (Å²) in [5, 5.41) is 11.5. The highest BCUT2D eigenvalue weighted by Crippen LogP contribution is 2.54. The van der Waals surface area contributed by atoms with Crippen LogP contribution in [-0.4, -0.2) is 22.5 Å². The van der Waals surface area contributed by atoms with Crippen molar-refractivity contribution in [1.82, 2.24) is 5.32 Å². The maximum absolute atomic E-state index is 11.7. The number of amides is 1. The van der Waals surface area contributed by atoms with Crippen LogP contribution in [0.5, 0.6) is 0 Å². The van der Waals surface area contributed by atoms with E-state index in [-0.39, 0.29) is 11.8 Å². The van der Waals surface area contributed by atoms with Gasteiger partial charge in [-0.05, 0) is 44.9 Å². The summed E-state index contributed by atoms with van der Waals surface area (Å²) in [5.74, 6) is 0.290. The van der Waals surface area contributed by atoms with Gasteiger partial charge in [0.1, 0.15) is 5.54 Å². The van der Waals surface area contributed by atoms with E-state index in [1.165, 1.54) is 26.7 Å². The summed E-state index contributed by atoms with van der Waals surface area (Å²) in [7, 11) is 0. The number of nitrogens with one attached hydrogen (secondary N) is 1. The lowest BCUT2D eigenvalue weighted by Crippen LogP contribution is -2.50. The molecule has 2 saturated carbocycles. The van der Waals surface area contributed by atoms with Crippen molar-refractivity contribution in [2.75, 3.05) is 0 Å². The van der Waals surface area contributed by atoms with Gasteiger partial charge in [-0.3, -0.25) is 4.79 Å². The van der Waals surface area contributed by atoms with Crippen LogP contribution >= 0.6 is 0 Å². The molecule has 2 fully saturated rings. The largest absolute Gasteiger partial charge is 0.480 e. The van der Waals surface area contributed by atoms with Gasteiger partial charge >= 0.3 is 5.97 Å². The number of hydrogen-bond acceptors (Lipinski definition) is 2. The van der Waals surface area contributed by atoms with E-state index in [1.807, 2.05) is 0 Å². The predicted molar refractivity (Wildman–Crippen MR) is 54.2 cm³/mol. The Bertz CT molecular complexity index is 307. The van der Waals surface area contributed by atoms with Crippen molar-refractivity contribution in [2.45, 2.75) is 38.6 Å². The molecule has 0 aromatic carbocycles. The quantitative estimate of drug-likeness (QED) is 0.729. The van der Waals surface area contributed by atoms with Gasteiger partial charge in [-0.15, -0.1) is 0 Å². The first-order valence-corrected chi connectivity index (χ1v) is 5.47. The molecule has 0 saturated heterocycles. The number of hydrogen-bond donors (Lipinski definition) is 2. The maximum atomic E-state index is 11.7. The second-order valence-electron chi connectivity index (χ2n) is 5.26. The van der Waals surface area contributed by atoms with E-state index in [4.69, 9.17) is 5.11 Å². The summed E-state index contributed by atoms with van der Waals surface area (Å²) in [6, 6.07) is 0. The zero-order chi connectivity index (χ0) is 11.2. The predicted octanol–water partition coefficient (Wildman–Crippen LogP) is 1.01. The van der Waals surface area contributed by atoms with Crippen molar-refractivity contribution in [2.24, 2.45) is 17.8 Å². The summed E-state index contributed by atoms with van der Waals surface area (Å²) >= 11 is 0. The third-order valence-electron chi connectivity index (χ3n) is 3.37. The Morgan fingerprint density at radius 1 is 1.33 bits per heavy atom. The SMILES string of the molecule is CC(C)(NC(=O)C1CC1C1CC1)C(=O)O. The average Bonchev–Trinajstić information content (AvgIpc) is 2.97. The molecule has 2 aliphatic carbocycles. The van der Waals surface area contributed by atoms with Crippen LogP contribution < -0.4 is 5.32 Å². The first-order chi connectivity index (χ1) is 6.92. The molecule has 0 aromatic heterocycles. The van der Waals surface area contributed by atoms with E-state index in [2.05, 4.69) is 5.32 Å².